The van der Waals surface area contributed by atoms with Crippen molar-refractivity contribution in [2.75, 3.05) is 19.5 Å². The molecule has 13 heavy (non-hydrogen) atoms. The van der Waals surface area contributed by atoms with Crippen LogP contribution in [0.3, 0.4) is 0 Å². The quantitative estimate of drug-likeness (QED) is 0.701. The first-order chi connectivity index (χ1) is 6.15. The fraction of sp³-hybridized carbons (Fsp3) is 0.875. The molecule has 0 saturated heterocycles. The molecule has 0 aromatic carbocycles. The fourth-order valence-corrected chi connectivity index (χ4v) is 1.51. The van der Waals surface area contributed by atoms with Gasteiger partial charge in [0.05, 0.1) is 13.2 Å². The van der Waals surface area contributed by atoms with Crippen molar-refractivity contribution in [1.29, 1.82) is 0 Å². The highest BCUT2D eigenvalue weighted by Gasteiger charge is 2.17. The van der Waals surface area contributed by atoms with Gasteiger partial charge in [0.25, 0.3) is 0 Å². The Bertz CT molecular complexity index is 150. The second-order valence-corrected chi connectivity index (χ2v) is 3.69. The molecule has 0 heterocycles. The molecule has 2 unspecified atom stereocenters. The standard InChI is InChI=1S/C8H17NO3S/c1-4-12-8(11)9-6(2)7(5-10)13-3/h6-7,10H,4-5H2,1-3H3,(H,9,11). The van der Waals surface area contributed by atoms with Gasteiger partial charge < -0.3 is 15.2 Å². The molecule has 0 rings (SSSR count). The van der Waals surface area contributed by atoms with E-state index < -0.39 is 6.09 Å². The van der Waals surface area contributed by atoms with Crippen LogP contribution in [-0.2, 0) is 4.74 Å². The Morgan fingerprint density at radius 3 is 2.69 bits per heavy atom. The molecular formula is C8H17NO3S. The van der Waals surface area contributed by atoms with Crippen LogP contribution < -0.4 is 5.32 Å². The summed E-state index contributed by atoms with van der Waals surface area (Å²) in [6.07, 6.45) is 1.46. The van der Waals surface area contributed by atoms with Gasteiger partial charge in [-0.25, -0.2) is 4.79 Å². The zero-order chi connectivity index (χ0) is 10.3. The molecule has 1 amide bonds. The molecule has 0 spiro atoms. The van der Waals surface area contributed by atoms with Crippen molar-refractivity contribution in [3.05, 3.63) is 0 Å². The number of aliphatic hydroxyl groups is 1. The molecular weight excluding hydrogens is 190 g/mol. The van der Waals surface area contributed by atoms with Crippen LogP contribution in [-0.4, -0.2) is 42.0 Å². The maximum absolute atomic E-state index is 11.0. The zero-order valence-corrected chi connectivity index (χ0v) is 9.06. The predicted octanol–water partition coefficient (Wildman–Crippen LogP) is 0.845. The van der Waals surface area contributed by atoms with Crippen LogP contribution >= 0.6 is 11.8 Å². The molecule has 0 aromatic rings. The van der Waals surface area contributed by atoms with Crippen molar-refractivity contribution in [3.63, 3.8) is 0 Å². The first-order valence-corrected chi connectivity index (χ1v) is 5.51. The summed E-state index contributed by atoms with van der Waals surface area (Å²) < 4.78 is 4.71. The van der Waals surface area contributed by atoms with E-state index in [2.05, 4.69) is 5.32 Å². The summed E-state index contributed by atoms with van der Waals surface area (Å²) in [5.74, 6) is 0. The molecule has 0 aliphatic heterocycles. The molecule has 0 fully saturated rings. The monoisotopic (exact) mass is 207 g/mol. The summed E-state index contributed by atoms with van der Waals surface area (Å²) in [4.78, 5) is 11.0. The molecule has 0 aliphatic carbocycles. The van der Waals surface area contributed by atoms with Gasteiger partial charge in [-0.2, -0.15) is 11.8 Å². The van der Waals surface area contributed by atoms with E-state index >= 15 is 0 Å². The van der Waals surface area contributed by atoms with Crippen LogP contribution in [0.5, 0.6) is 0 Å². The Hall–Kier alpha value is -0.420. The topological polar surface area (TPSA) is 58.6 Å². The zero-order valence-electron chi connectivity index (χ0n) is 8.24. The van der Waals surface area contributed by atoms with Gasteiger partial charge in [0.1, 0.15) is 0 Å². The van der Waals surface area contributed by atoms with Crippen molar-refractivity contribution in [2.24, 2.45) is 0 Å². The van der Waals surface area contributed by atoms with Crippen molar-refractivity contribution in [2.45, 2.75) is 25.1 Å². The van der Waals surface area contributed by atoms with E-state index in [1.165, 1.54) is 11.8 Å². The number of rotatable bonds is 5. The number of hydrogen-bond acceptors (Lipinski definition) is 4. The molecule has 0 aliphatic rings. The van der Waals surface area contributed by atoms with E-state index in [9.17, 15) is 4.79 Å². The Morgan fingerprint density at radius 2 is 2.31 bits per heavy atom. The molecule has 78 valence electrons. The van der Waals surface area contributed by atoms with Crippen LogP contribution in [0.25, 0.3) is 0 Å². The number of nitrogens with one attached hydrogen (secondary N) is 1. The third kappa shape index (κ3) is 5.00. The SMILES string of the molecule is CCOC(=O)NC(C)C(CO)SC. The lowest BCUT2D eigenvalue weighted by atomic mass is 10.2. The number of ether oxygens (including phenoxy) is 1. The van der Waals surface area contributed by atoms with E-state index in [1.54, 1.807) is 6.92 Å². The fourth-order valence-electron chi connectivity index (χ4n) is 0.888. The largest absolute Gasteiger partial charge is 0.450 e. The van der Waals surface area contributed by atoms with Gasteiger partial charge in [-0.1, -0.05) is 0 Å². The van der Waals surface area contributed by atoms with Gasteiger partial charge in [-0.3, -0.25) is 0 Å². The second-order valence-electron chi connectivity index (χ2n) is 2.61. The second kappa shape index (κ2) is 7.03. The highest BCUT2D eigenvalue weighted by atomic mass is 32.2. The minimum Gasteiger partial charge on any atom is -0.450 e. The van der Waals surface area contributed by atoms with E-state index in [0.717, 1.165) is 0 Å². The van der Waals surface area contributed by atoms with Crippen molar-refractivity contribution >= 4 is 17.9 Å². The Labute approximate surface area is 83.0 Å². The summed E-state index contributed by atoms with van der Waals surface area (Å²) in [7, 11) is 0. The van der Waals surface area contributed by atoms with Gasteiger partial charge in [0.15, 0.2) is 0 Å². The van der Waals surface area contributed by atoms with Crippen molar-refractivity contribution < 1.29 is 14.6 Å². The third-order valence-electron chi connectivity index (χ3n) is 1.66. The van der Waals surface area contributed by atoms with Crippen LogP contribution in [0, 0.1) is 0 Å². The summed E-state index contributed by atoms with van der Waals surface area (Å²) >= 11 is 1.52. The molecule has 2 atom stereocenters. The number of alkyl carbamates (subject to hydrolysis) is 1. The summed E-state index contributed by atoms with van der Waals surface area (Å²) in [5.41, 5.74) is 0. The number of amides is 1. The lowest BCUT2D eigenvalue weighted by Crippen LogP contribution is -2.41. The van der Waals surface area contributed by atoms with Gasteiger partial charge in [0.2, 0.25) is 0 Å². The molecule has 5 heteroatoms. The average molecular weight is 207 g/mol. The third-order valence-corrected chi connectivity index (χ3v) is 2.82. The van der Waals surface area contributed by atoms with Crippen molar-refractivity contribution in [3.8, 4) is 0 Å². The number of carbonyl (C=O) groups is 1. The lowest BCUT2D eigenvalue weighted by molar-refractivity contribution is 0.147. The summed E-state index contributed by atoms with van der Waals surface area (Å²) in [5, 5.41) is 11.6. The Balaban J connectivity index is 3.82. The molecule has 0 aromatic heterocycles. The van der Waals surface area contributed by atoms with Gasteiger partial charge in [0, 0.05) is 11.3 Å². The van der Waals surface area contributed by atoms with E-state index in [4.69, 9.17) is 9.84 Å². The van der Waals surface area contributed by atoms with E-state index in [1.807, 2.05) is 13.2 Å². The van der Waals surface area contributed by atoms with Crippen LogP contribution in [0.15, 0.2) is 0 Å². The smallest absolute Gasteiger partial charge is 0.407 e. The van der Waals surface area contributed by atoms with E-state index in [0.29, 0.717) is 6.61 Å². The summed E-state index contributed by atoms with van der Waals surface area (Å²) in [6.45, 7) is 4.01. The number of hydrogen-bond donors (Lipinski definition) is 2. The number of carbonyl (C=O) groups excluding carboxylic acids is 1. The molecule has 0 radical (unpaired) electrons. The highest BCUT2D eigenvalue weighted by Crippen LogP contribution is 2.10. The minimum absolute atomic E-state index is 0.0180. The lowest BCUT2D eigenvalue weighted by Gasteiger charge is -2.20. The molecule has 2 N–H and O–H groups in total. The van der Waals surface area contributed by atoms with Crippen LogP contribution in [0.1, 0.15) is 13.8 Å². The Morgan fingerprint density at radius 1 is 1.69 bits per heavy atom. The minimum atomic E-state index is -0.428. The van der Waals surface area contributed by atoms with Crippen LogP contribution in [0.4, 0.5) is 4.79 Å². The maximum atomic E-state index is 11.0. The number of aliphatic hydroxyl groups excluding tert-OH is 1. The van der Waals surface area contributed by atoms with Gasteiger partial charge in [-0.05, 0) is 20.1 Å². The highest BCUT2D eigenvalue weighted by molar-refractivity contribution is 7.99. The van der Waals surface area contributed by atoms with Crippen molar-refractivity contribution in [1.82, 2.24) is 5.32 Å². The number of thioether (sulfide) groups is 1. The molecule has 0 saturated carbocycles. The van der Waals surface area contributed by atoms with E-state index in [-0.39, 0.29) is 17.9 Å². The summed E-state index contributed by atoms with van der Waals surface area (Å²) in [6, 6.07) is -0.0842. The maximum Gasteiger partial charge on any atom is 0.407 e. The van der Waals surface area contributed by atoms with Gasteiger partial charge in [-0.15, -0.1) is 0 Å². The molecule has 0 bridgehead atoms. The Kier molecular flexibility index (Phi) is 6.80. The predicted molar refractivity (Wildman–Crippen MR) is 54.0 cm³/mol. The normalized spacial score (nSPS) is 14.8. The van der Waals surface area contributed by atoms with Gasteiger partial charge >= 0.3 is 6.09 Å². The average Bonchev–Trinajstić information content (AvgIpc) is 2.06. The van der Waals surface area contributed by atoms with Crippen LogP contribution in [0.2, 0.25) is 0 Å². The first-order valence-electron chi connectivity index (χ1n) is 4.22. The first kappa shape index (κ1) is 12.6. The molecule has 4 nitrogen and oxygen atoms in total.